The van der Waals surface area contributed by atoms with Gasteiger partial charge in [0.25, 0.3) is 0 Å². The summed E-state index contributed by atoms with van der Waals surface area (Å²) >= 11 is 0. The van der Waals surface area contributed by atoms with Gasteiger partial charge in [-0.15, -0.1) is 0 Å². The molecule has 0 aromatic carbocycles. The molecule has 0 saturated carbocycles. The molecular weight excluding hydrogens is 266 g/mol. The first-order valence-electron chi connectivity index (χ1n) is 6.04. The first-order valence-corrected chi connectivity index (χ1v) is 7.53. The second kappa shape index (κ2) is 6.04. The van der Waals surface area contributed by atoms with Crippen molar-refractivity contribution in [3.63, 3.8) is 0 Å². The first-order chi connectivity index (χ1) is 8.72. The van der Waals surface area contributed by atoms with Gasteiger partial charge >= 0.3 is 0 Å². The molecule has 0 atom stereocenters. The lowest BCUT2D eigenvalue weighted by molar-refractivity contribution is 0.141. The number of hydrogen-bond donors (Lipinski definition) is 2. The molecule has 0 aliphatic heterocycles. The molecule has 7 heteroatoms. The molecule has 0 bridgehead atoms. The SMILES string of the molecule is CNCc1cc(S(=O)(=O)NC(C)(C)COC)cn1C. The highest BCUT2D eigenvalue weighted by Crippen LogP contribution is 2.16. The van der Waals surface area contributed by atoms with Crippen LogP contribution in [0.1, 0.15) is 19.5 Å². The van der Waals surface area contributed by atoms with E-state index in [2.05, 4.69) is 10.0 Å². The van der Waals surface area contributed by atoms with E-state index >= 15 is 0 Å². The van der Waals surface area contributed by atoms with Crippen molar-refractivity contribution in [3.8, 4) is 0 Å². The molecule has 0 radical (unpaired) electrons. The normalized spacial score (nSPS) is 12.9. The van der Waals surface area contributed by atoms with Crippen LogP contribution in [0.2, 0.25) is 0 Å². The average Bonchev–Trinajstić information content (AvgIpc) is 2.60. The third-order valence-corrected chi connectivity index (χ3v) is 4.33. The lowest BCUT2D eigenvalue weighted by Gasteiger charge is -2.24. The van der Waals surface area contributed by atoms with Crippen molar-refractivity contribution >= 4 is 10.0 Å². The quantitative estimate of drug-likeness (QED) is 0.764. The van der Waals surface area contributed by atoms with Crippen LogP contribution in [0.4, 0.5) is 0 Å². The zero-order valence-corrected chi connectivity index (χ0v) is 13.0. The van der Waals surface area contributed by atoms with Crippen molar-refractivity contribution in [1.29, 1.82) is 0 Å². The summed E-state index contributed by atoms with van der Waals surface area (Å²) in [5, 5.41) is 3.00. The molecule has 0 saturated heterocycles. The molecule has 1 aromatic heterocycles. The summed E-state index contributed by atoms with van der Waals surface area (Å²) in [7, 11) is 1.65. The van der Waals surface area contributed by atoms with Gasteiger partial charge in [0.2, 0.25) is 10.0 Å². The molecule has 0 spiro atoms. The number of methoxy groups -OCH3 is 1. The third-order valence-electron chi connectivity index (χ3n) is 2.67. The molecule has 0 aliphatic carbocycles. The fraction of sp³-hybridized carbons (Fsp3) is 0.667. The van der Waals surface area contributed by atoms with Gasteiger partial charge in [-0.25, -0.2) is 13.1 Å². The summed E-state index contributed by atoms with van der Waals surface area (Å²) in [4.78, 5) is 0.268. The van der Waals surface area contributed by atoms with Crippen LogP contribution in [0, 0.1) is 0 Å². The van der Waals surface area contributed by atoms with Crippen LogP contribution in [0.5, 0.6) is 0 Å². The van der Waals surface area contributed by atoms with Crippen molar-refractivity contribution in [2.45, 2.75) is 30.8 Å². The maximum Gasteiger partial charge on any atom is 0.242 e. The molecule has 6 nitrogen and oxygen atoms in total. The number of sulfonamides is 1. The summed E-state index contributed by atoms with van der Waals surface area (Å²) in [5.74, 6) is 0. The van der Waals surface area contributed by atoms with E-state index < -0.39 is 15.6 Å². The smallest absolute Gasteiger partial charge is 0.242 e. The number of ether oxygens (including phenoxy) is 1. The van der Waals surface area contributed by atoms with Crippen LogP contribution in [0.15, 0.2) is 17.2 Å². The molecule has 0 aliphatic rings. The number of rotatable bonds is 7. The molecule has 1 rings (SSSR count). The van der Waals surface area contributed by atoms with E-state index in [0.717, 1.165) is 5.69 Å². The number of aromatic nitrogens is 1. The topological polar surface area (TPSA) is 72.4 Å². The molecule has 0 fully saturated rings. The Balaban J connectivity index is 2.97. The van der Waals surface area contributed by atoms with E-state index in [0.29, 0.717) is 13.2 Å². The van der Waals surface area contributed by atoms with Gasteiger partial charge in [0.1, 0.15) is 0 Å². The largest absolute Gasteiger partial charge is 0.383 e. The van der Waals surface area contributed by atoms with Gasteiger partial charge in [-0.05, 0) is 27.0 Å². The fourth-order valence-corrected chi connectivity index (χ4v) is 3.39. The highest BCUT2D eigenvalue weighted by molar-refractivity contribution is 7.89. The molecule has 1 heterocycles. The minimum absolute atomic E-state index is 0.268. The van der Waals surface area contributed by atoms with Crippen molar-refractivity contribution in [2.24, 2.45) is 7.05 Å². The van der Waals surface area contributed by atoms with Crippen LogP contribution >= 0.6 is 0 Å². The Hall–Kier alpha value is -0.890. The second-order valence-electron chi connectivity index (χ2n) is 5.23. The van der Waals surface area contributed by atoms with Gasteiger partial charge in [0.05, 0.1) is 17.0 Å². The average molecular weight is 289 g/mol. The van der Waals surface area contributed by atoms with E-state index in [-0.39, 0.29) is 4.90 Å². The summed E-state index contributed by atoms with van der Waals surface area (Å²) in [6.45, 7) is 4.49. The number of nitrogens with zero attached hydrogens (tertiary/aromatic N) is 1. The van der Waals surface area contributed by atoms with E-state index in [1.165, 1.54) is 0 Å². The molecule has 0 amide bonds. The third kappa shape index (κ3) is 4.31. The van der Waals surface area contributed by atoms with Crippen LogP contribution in [-0.2, 0) is 28.4 Å². The monoisotopic (exact) mass is 289 g/mol. The molecular formula is C12H23N3O3S. The fourth-order valence-electron chi connectivity index (χ4n) is 1.89. The maximum absolute atomic E-state index is 12.3. The van der Waals surface area contributed by atoms with E-state index in [1.807, 2.05) is 14.1 Å². The van der Waals surface area contributed by atoms with Gasteiger partial charge < -0.3 is 14.6 Å². The Bertz CT molecular complexity index is 520. The molecule has 19 heavy (non-hydrogen) atoms. The van der Waals surface area contributed by atoms with Gasteiger partial charge in [-0.2, -0.15) is 0 Å². The number of nitrogens with one attached hydrogen (secondary N) is 2. The Morgan fingerprint density at radius 3 is 2.58 bits per heavy atom. The highest BCUT2D eigenvalue weighted by Gasteiger charge is 2.27. The predicted molar refractivity (Wildman–Crippen MR) is 74.5 cm³/mol. The molecule has 1 aromatic rings. The van der Waals surface area contributed by atoms with E-state index in [9.17, 15) is 8.42 Å². The summed E-state index contributed by atoms with van der Waals surface area (Å²) in [6, 6.07) is 1.67. The lowest BCUT2D eigenvalue weighted by atomic mass is 10.1. The second-order valence-corrected chi connectivity index (χ2v) is 6.91. The highest BCUT2D eigenvalue weighted by atomic mass is 32.2. The van der Waals surface area contributed by atoms with Crippen molar-refractivity contribution in [2.75, 3.05) is 20.8 Å². The maximum atomic E-state index is 12.3. The standard InChI is InChI=1S/C12H23N3O3S/c1-12(2,9-18-5)14-19(16,17)11-6-10(7-13-3)15(4)8-11/h6,8,13-14H,7,9H2,1-5H3. The zero-order valence-electron chi connectivity index (χ0n) is 12.1. The minimum atomic E-state index is -3.54. The Kier molecular flexibility index (Phi) is 5.14. The Morgan fingerprint density at radius 1 is 1.42 bits per heavy atom. The molecule has 0 unspecified atom stereocenters. The Labute approximate surface area is 115 Å². The van der Waals surface area contributed by atoms with Gasteiger partial charge in [0.15, 0.2) is 0 Å². The number of aryl methyl sites for hydroxylation is 1. The van der Waals surface area contributed by atoms with Crippen molar-refractivity contribution in [3.05, 3.63) is 18.0 Å². The molecule has 2 N–H and O–H groups in total. The minimum Gasteiger partial charge on any atom is -0.383 e. The summed E-state index contributed by atoms with van der Waals surface area (Å²) in [5.41, 5.74) is 0.263. The first kappa shape index (κ1) is 16.2. The van der Waals surface area contributed by atoms with Gasteiger partial charge in [0, 0.05) is 32.6 Å². The molecule has 110 valence electrons. The predicted octanol–water partition coefficient (Wildman–Crippen LogP) is 0.448. The van der Waals surface area contributed by atoms with Crippen molar-refractivity contribution < 1.29 is 13.2 Å². The van der Waals surface area contributed by atoms with Gasteiger partial charge in [-0.3, -0.25) is 0 Å². The van der Waals surface area contributed by atoms with Crippen LogP contribution in [0.25, 0.3) is 0 Å². The van der Waals surface area contributed by atoms with Crippen LogP contribution in [0.3, 0.4) is 0 Å². The van der Waals surface area contributed by atoms with Crippen molar-refractivity contribution in [1.82, 2.24) is 14.6 Å². The van der Waals surface area contributed by atoms with Crippen LogP contribution < -0.4 is 10.0 Å². The summed E-state index contributed by atoms with van der Waals surface area (Å²) < 4.78 is 34.0. The number of hydrogen-bond acceptors (Lipinski definition) is 4. The van der Waals surface area contributed by atoms with E-state index in [4.69, 9.17) is 4.74 Å². The van der Waals surface area contributed by atoms with E-state index in [1.54, 1.807) is 37.8 Å². The zero-order chi connectivity index (χ0) is 14.7. The van der Waals surface area contributed by atoms with Crippen LogP contribution in [-0.4, -0.2) is 39.3 Å². The van der Waals surface area contributed by atoms with Gasteiger partial charge in [-0.1, -0.05) is 0 Å². The summed E-state index contributed by atoms with van der Waals surface area (Å²) in [6.07, 6.45) is 1.61. The Morgan fingerprint density at radius 2 is 2.05 bits per heavy atom. The lowest BCUT2D eigenvalue weighted by Crippen LogP contribution is -2.46.